The first-order valence-corrected chi connectivity index (χ1v) is 8.87. The number of carbonyl (C=O) groups is 1. The van der Waals surface area contributed by atoms with Crippen molar-refractivity contribution in [3.8, 4) is 0 Å². The fourth-order valence-corrected chi connectivity index (χ4v) is 2.93. The SMILES string of the molecule is CCCNC(=NCC(=O)N(C)C)N1CCC(Cc2ccccc2)C1.I. The molecule has 0 spiro atoms. The summed E-state index contributed by atoms with van der Waals surface area (Å²) in [6.07, 6.45) is 3.32. The smallest absolute Gasteiger partial charge is 0.243 e. The van der Waals surface area contributed by atoms with Crippen molar-refractivity contribution >= 4 is 35.8 Å². The maximum atomic E-state index is 11.8. The topological polar surface area (TPSA) is 47.9 Å². The lowest BCUT2D eigenvalue weighted by atomic mass is 9.99. The lowest BCUT2D eigenvalue weighted by Gasteiger charge is -2.22. The highest BCUT2D eigenvalue weighted by Crippen LogP contribution is 2.20. The number of aliphatic imine (C=N–C) groups is 1. The molecule has 1 heterocycles. The van der Waals surface area contributed by atoms with E-state index in [0.717, 1.165) is 38.4 Å². The molecule has 25 heavy (non-hydrogen) atoms. The van der Waals surface area contributed by atoms with Gasteiger partial charge in [0.1, 0.15) is 6.54 Å². The minimum atomic E-state index is 0. The second kappa shape index (κ2) is 11.3. The van der Waals surface area contributed by atoms with Crippen molar-refractivity contribution in [3.63, 3.8) is 0 Å². The zero-order valence-corrected chi connectivity index (χ0v) is 17.9. The van der Waals surface area contributed by atoms with Gasteiger partial charge in [0.05, 0.1) is 0 Å². The fraction of sp³-hybridized carbons (Fsp3) is 0.579. The molecule has 1 aliphatic rings. The van der Waals surface area contributed by atoms with E-state index in [4.69, 9.17) is 0 Å². The molecule has 5 nitrogen and oxygen atoms in total. The Labute approximate surface area is 168 Å². The van der Waals surface area contributed by atoms with Gasteiger partial charge >= 0.3 is 0 Å². The number of likely N-dealkylation sites (tertiary alicyclic amines) is 1. The second-order valence-corrected chi connectivity index (χ2v) is 6.65. The maximum absolute atomic E-state index is 11.8. The molecule has 0 saturated carbocycles. The van der Waals surface area contributed by atoms with Crippen molar-refractivity contribution < 1.29 is 4.79 Å². The average molecular weight is 458 g/mol. The van der Waals surface area contributed by atoms with Crippen LogP contribution in [-0.2, 0) is 11.2 Å². The molecule has 1 saturated heterocycles. The van der Waals surface area contributed by atoms with Gasteiger partial charge in [0.2, 0.25) is 5.91 Å². The summed E-state index contributed by atoms with van der Waals surface area (Å²) in [5.41, 5.74) is 1.40. The zero-order valence-electron chi connectivity index (χ0n) is 15.6. The van der Waals surface area contributed by atoms with E-state index in [-0.39, 0.29) is 36.4 Å². The lowest BCUT2D eigenvalue weighted by molar-refractivity contribution is -0.127. The highest BCUT2D eigenvalue weighted by atomic mass is 127. The largest absolute Gasteiger partial charge is 0.356 e. The summed E-state index contributed by atoms with van der Waals surface area (Å²) < 4.78 is 0. The van der Waals surface area contributed by atoms with Crippen LogP contribution in [0.5, 0.6) is 0 Å². The highest BCUT2D eigenvalue weighted by Gasteiger charge is 2.25. The van der Waals surface area contributed by atoms with Crippen LogP contribution in [0.2, 0.25) is 0 Å². The monoisotopic (exact) mass is 458 g/mol. The van der Waals surface area contributed by atoms with Crippen LogP contribution in [0.4, 0.5) is 0 Å². The molecule has 2 rings (SSSR count). The number of benzene rings is 1. The number of hydrogen-bond acceptors (Lipinski definition) is 2. The average Bonchev–Trinajstić information content (AvgIpc) is 3.03. The van der Waals surface area contributed by atoms with E-state index < -0.39 is 0 Å². The van der Waals surface area contributed by atoms with Gasteiger partial charge in [-0.3, -0.25) is 4.79 Å². The molecule has 0 bridgehead atoms. The van der Waals surface area contributed by atoms with Crippen LogP contribution >= 0.6 is 24.0 Å². The summed E-state index contributed by atoms with van der Waals surface area (Å²) in [6, 6.07) is 10.7. The normalized spacial score (nSPS) is 17.2. The molecule has 1 N–H and O–H groups in total. The van der Waals surface area contributed by atoms with Crippen LogP contribution < -0.4 is 5.32 Å². The molecule has 1 atom stereocenters. The third-order valence-electron chi connectivity index (χ3n) is 4.35. The van der Waals surface area contributed by atoms with E-state index in [9.17, 15) is 4.79 Å². The number of amides is 1. The van der Waals surface area contributed by atoms with Gasteiger partial charge in [-0.2, -0.15) is 0 Å². The molecular weight excluding hydrogens is 427 g/mol. The van der Waals surface area contributed by atoms with E-state index in [1.165, 1.54) is 12.0 Å². The van der Waals surface area contributed by atoms with Gasteiger partial charge < -0.3 is 15.1 Å². The number of hydrogen-bond donors (Lipinski definition) is 1. The first kappa shape index (κ1) is 21.7. The number of nitrogens with one attached hydrogen (secondary N) is 1. The molecule has 1 fully saturated rings. The Bertz CT molecular complexity index is 548. The summed E-state index contributed by atoms with van der Waals surface area (Å²) in [7, 11) is 3.53. The Morgan fingerprint density at radius 3 is 2.68 bits per heavy atom. The van der Waals surface area contributed by atoms with Crippen molar-refractivity contribution in [3.05, 3.63) is 35.9 Å². The standard InChI is InChI=1S/C19H30N4O.HI/c1-4-11-20-19(21-14-18(24)22(2)3)23-12-10-17(15-23)13-16-8-6-5-7-9-16;/h5-9,17H,4,10-15H2,1-3H3,(H,20,21);1H. The second-order valence-electron chi connectivity index (χ2n) is 6.65. The Balaban J connectivity index is 0.00000312. The third-order valence-corrected chi connectivity index (χ3v) is 4.35. The zero-order chi connectivity index (χ0) is 17.4. The van der Waals surface area contributed by atoms with Crippen molar-refractivity contribution in [2.24, 2.45) is 10.9 Å². The first-order valence-electron chi connectivity index (χ1n) is 8.87. The summed E-state index contributed by atoms with van der Waals surface area (Å²) in [6.45, 7) is 5.23. The third kappa shape index (κ3) is 7.22. The first-order chi connectivity index (χ1) is 11.6. The molecule has 1 aromatic carbocycles. The molecule has 1 unspecified atom stereocenters. The molecule has 1 amide bonds. The van der Waals surface area contributed by atoms with E-state index in [0.29, 0.717) is 5.92 Å². The molecule has 0 aliphatic carbocycles. The Morgan fingerprint density at radius 1 is 1.32 bits per heavy atom. The molecule has 0 aromatic heterocycles. The minimum absolute atomic E-state index is 0. The summed E-state index contributed by atoms with van der Waals surface area (Å²) in [5, 5.41) is 3.40. The van der Waals surface area contributed by atoms with E-state index in [1.54, 1.807) is 19.0 Å². The number of likely N-dealkylation sites (N-methyl/N-ethyl adjacent to an activating group) is 1. The molecular formula is C19H31IN4O. The van der Waals surface area contributed by atoms with Crippen LogP contribution in [0.3, 0.4) is 0 Å². The predicted octanol–water partition coefficient (Wildman–Crippen LogP) is 2.61. The van der Waals surface area contributed by atoms with Gasteiger partial charge in [-0.05, 0) is 30.7 Å². The van der Waals surface area contributed by atoms with Gasteiger partial charge in [0.15, 0.2) is 5.96 Å². The van der Waals surface area contributed by atoms with Crippen LogP contribution in [0, 0.1) is 5.92 Å². The molecule has 1 aliphatic heterocycles. The molecule has 1 aromatic rings. The molecule has 0 radical (unpaired) electrons. The van der Waals surface area contributed by atoms with Crippen molar-refractivity contribution in [2.75, 3.05) is 40.3 Å². The van der Waals surface area contributed by atoms with E-state index >= 15 is 0 Å². The van der Waals surface area contributed by atoms with Gasteiger partial charge in [0.25, 0.3) is 0 Å². The summed E-state index contributed by atoms with van der Waals surface area (Å²) in [5.74, 6) is 1.55. The van der Waals surface area contributed by atoms with Crippen molar-refractivity contribution in [2.45, 2.75) is 26.2 Å². The number of nitrogens with zero attached hydrogens (tertiary/aromatic N) is 3. The Morgan fingerprint density at radius 2 is 2.04 bits per heavy atom. The predicted molar refractivity (Wildman–Crippen MR) is 115 cm³/mol. The number of halogens is 1. The minimum Gasteiger partial charge on any atom is -0.356 e. The van der Waals surface area contributed by atoms with Gasteiger partial charge in [-0.15, -0.1) is 24.0 Å². The van der Waals surface area contributed by atoms with E-state index in [2.05, 4.69) is 52.5 Å². The fourth-order valence-electron chi connectivity index (χ4n) is 2.93. The quantitative estimate of drug-likeness (QED) is 0.405. The van der Waals surface area contributed by atoms with Crippen LogP contribution in [0.25, 0.3) is 0 Å². The van der Waals surface area contributed by atoms with Crippen molar-refractivity contribution in [1.82, 2.24) is 15.1 Å². The summed E-state index contributed by atoms with van der Waals surface area (Å²) in [4.78, 5) is 20.2. The number of guanidine groups is 1. The van der Waals surface area contributed by atoms with Crippen LogP contribution in [-0.4, -0.2) is 61.9 Å². The Hall–Kier alpha value is -1.31. The number of rotatable bonds is 6. The van der Waals surface area contributed by atoms with Gasteiger partial charge in [-0.25, -0.2) is 4.99 Å². The number of carbonyl (C=O) groups excluding carboxylic acids is 1. The van der Waals surface area contributed by atoms with Gasteiger partial charge in [-0.1, -0.05) is 37.3 Å². The lowest BCUT2D eigenvalue weighted by Crippen LogP contribution is -2.41. The van der Waals surface area contributed by atoms with Gasteiger partial charge in [0, 0.05) is 33.7 Å². The Kier molecular flexibility index (Phi) is 9.85. The molecule has 140 valence electrons. The van der Waals surface area contributed by atoms with Crippen LogP contribution in [0.15, 0.2) is 35.3 Å². The van der Waals surface area contributed by atoms with Crippen molar-refractivity contribution in [1.29, 1.82) is 0 Å². The molecule has 6 heteroatoms. The van der Waals surface area contributed by atoms with E-state index in [1.807, 2.05) is 0 Å². The summed E-state index contributed by atoms with van der Waals surface area (Å²) >= 11 is 0. The highest BCUT2D eigenvalue weighted by molar-refractivity contribution is 14.0. The van der Waals surface area contributed by atoms with Crippen LogP contribution in [0.1, 0.15) is 25.3 Å². The maximum Gasteiger partial charge on any atom is 0.243 e.